The number of para-hydroxylation sites is 2. The molecule has 0 aliphatic carbocycles. The molecule has 0 radical (unpaired) electrons. The Morgan fingerprint density at radius 1 is 0.900 bits per heavy atom. The Labute approximate surface area is 169 Å². The van der Waals surface area contributed by atoms with Gasteiger partial charge in [-0.05, 0) is 53.9 Å². The molecule has 0 N–H and O–H groups in total. The van der Waals surface area contributed by atoms with E-state index < -0.39 is 0 Å². The summed E-state index contributed by atoms with van der Waals surface area (Å²) in [6.45, 7) is 0. The van der Waals surface area contributed by atoms with Gasteiger partial charge < -0.3 is 4.42 Å². The van der Waals surface area contributed by atoms with Crippen molar-refractivity contribution in [3.05, 3.63) is 101 Å². The van der Waals surface area contributed by atoms with Gasteiger partial charge in [-0.25, -0.2) is 4.98 Å². The highest BCUT2D eigenvalue weighted by Gasteiger charge is 2.18. The number of hydrogen-bond acceptors (Lipinski definition) is 4. The minimum Gasteiger partial charge on any atom is -0.465 e. The number of ketones is 1. The van der Waals surface area contributed by atoms with Crippen molar-refractivity contribution in [2.45, 2.75) is 0 Å². The maximum Gasteiger partial charge on any atom is 0.264 e. The van der Waals surface area contributed by atoms with Crippen LogP contribution in [-0.4, -0.2) is 15.2 Å². The van der Waals surface area contributed by atoms with Crippen molar-refractivity contribution < 1.29 is 9.21 Å². The molecule has 5 heteroatoms. The lowest BCUT2D eigenvalue weighted by molar-refractivity contribution is 0.104. The van der Waals surface area contributed by atoms with Gasteiger partial charge in [-0.2, -0.15) is 0 Å². The summed E-state index contributed by atoms with van der Waals surface area (Å²) in [5, 5.41) is 2.93. The zero-order valence-corrected chi connectivity index (χ0v) is 15.7. The average molecular weight is 390 g/mol. The molecule has 3 heterocycles. The zero-order valence-electron chi connectivity index (χ0n) is 15.7. The highest BCUT2D eigenvalue weighted by atomic mass is 16.3. The van der Waals surface area contributed by atoms with Crippen LogP contribution in [-0.2, 0) is 0 Å². The maximum atomic E-state index is 13.3. The third-order valence-corrected chi connectivity index (χ3v) is 5.48. The lowest BCUT2D eigenvalue weighted by atomic mass is 9.96. The number of nitrogens with zero attached hydrogens (tertiary/aromatic N) is 2. The first-order valence-corrected chi connectivity index (χ1v) is 9.56. The van der Waals surface area contributed by atoms with Gasteiger partial charge in [0.2, 0.25) is 0 Å². The first-order valence-electron chi connectivity index (χ1n) is 9.56. The number of carbonyl (C=O) groups is 1. The Balaban J connectivity index is 1.67. The summed E-state index contributed by atoms with van der Waals surface area (Å²) in [7, 11) is 0. The van der Waals surface area contributed by atoms with E-state index >= 15 is 0 Å². The Morgan fingerprint density at radius 3 is 2.63 bits per heavy atom. The second kappa shape index (κ2) is 6.12. The number of benzene rings is 3. The Kier molecular flexibility index (Phi) is 3.40. The molecular weight excluding hydrogens is 376 g/mol. The van der Waals surface area contributed by atoms with Crippen LogP contribution < -0.4 is 5.56 Å². The van der Waals surface area contributed by atoms with E-state index in [1.807, 2.05) is 42.5 Å². The predicted octanol–water partition coefficient (Wildman–Crippen LogP) is 5.08. The van der Waals surface area contributed by atoms with E-state index in [1.165, 1.54) is 6.08 Å². The lowest BCUT2D eigenvalue weighted by Gasteiger charge is -2.10. The number of fused-ring (bicyclic) bond motifs is 4. The highest BCUT2D eigenvalue weighted by molar-refractivity contribution is 6.23. The summed E-state index contributed by atoms with van der Waals surface area (Å²) >= 11 is 0. The van der Waals surface area contributed by atoms with E-state index in [9.17, 15) is 9.59 Å². The molecular formula is C25H14N2O3. The Bertz CT molecular complexity index is 1670. The standard InChI is InChI=1S/C25H14N2O3/c28-22(13-10-15-5-4-14-30-15)16-11-12-19-23-17(16)6-3-7-18(23)24-26-20-8-1-2-9-21(20)27(24)25(19)29/h1-14H. The summed E-state index contributed by atoms with van der Waals surface area (Å²) in [5.74, 6) is 0.455. The number of aromatic nitrogens is 2. The van der Waals surface area contributed by atoms with Crippen LogP contribution in [0.4, 0.5) is 0 Å². The molecule has 0 bridgehead atoms. The largest absolute Gasteiger partial charge is 0.465 e. The zero-order chi connectivity index (χ0) is 20.2. The van der Waals surface area contributed by atoms with Crippen LogP contribution in [0.25, 0.3) is 44.3 Å². The van der Waals surface area contributed by atoms with Gasteiger partial charge in [0.15, 0.2) is 5.78 Å². The second-order valence-electron chi connectivity index (χ2n) is 7.17. The van der Waals surface area contributed by atoms with Gasteiger partial charge in [0.25, 0.3) is 5.56 Å². The first-order chi connectivity index (χ1) is 14.7. The van der Waals surface area contributed by atoms with Crippen molar-refractivity contribution in [2.75, 3.05) is 0 Å². The molecule has 0 saturated heterocycles. The quantitative estimate of drug-likeness (QED) is 0.312. The number of hydrogen-bond donors (Lipinski definition) is 0. The van der Waals surface area contributed by atoms with Crippen LogP contribution in [0.1, 0.15) is 16.1 Å². The number of allylic oxidation sites excluding steroid dienone is 1. The average Bonchev–Trinajstić information content (AvgIpc) is 3.43. The van der Waals surface area contributed by atoms with Crippen molar-refractivity contribution >= 4 is 50.1 Å². The fraction of sp³-hybridized carbons (Fsp3) is 0. The van der Waals surface area contributed by atoms with Crippen molar-refractivity contribution in [3.63, 3.8) is 0 Å². The van der Waals surface area contributed by atoms with E-state index in [-0.39, 0.29) is 11.3 Å². The van der Waals surface area contributed by atoms with Crippen LogP contribution >= 0.6 is 0 Å². The van der Waals surface area contributed by atoms with E-state index in [0.717, 1.165) is 27.2 Å². The van der Waals surface area contributed by atoms with Gasteiger partial charge in [-0.1, -0.05) is 30.3 Å². The molecule has 0 unspecified atom stereocenters. The molecule has 0 aliphatic rings. The van der Waals surface area contributed by atoms with Crippen LogP contribution in [0, 0.1) is 0 Å². The van der Waals surface area contributed by atoms with Gasteiger partial charge in [0.05, 0.1) is 17.3 Å². The summed E-state index contributed by atoms with van der Waals surface area (Å²) < 4.78 is 6.92. The van der Waals surface area contributed by atoms with Crippen LogP contribution in [0.2, 0.25) is 0 Å². The number of pyridine rings is 1. The Morgan fingerprint density at radius 2 is 1.77 bits per heavy atom. The molecule has 0 spiro atoms. The van der Waals surface area contributed by atoms with Crippen molar-refractivity contribution in [1.29, 1.82) is 0 Å². The van der Waals surface area contributed by atoms with Gasteiger partial charge in [-0.3, -0.25) is 14.0 Å². The molecule has 6 aromatic rings. The fourth-order valence-corrected chi connectivity index (χ4v) is 4.15. The van der Waals surface area contributed by atoms with Gasteiger partial charge >= 0.3 is 0 Å². The van der Waals surface area contributed by atoms with Crippen LogP contribution in [0.15, 0.2) is 88.3 Å². The van der Waals surface area contributed by atoms with E-state index in [2.05, 4.69) is 0 Å². The molecule has 3 aromatic heterocycles. The van der Waals surface area contributed by atoms with Crippen LogP contribution in [0.5, 0.6) is 0 Å². The molecule has 0 atom stereocenters. The highest BCUT2D eigenvalue weighted by Crippen LogP contribution is 2.31. The molecule has 0 amide bonds. The summed E-state index contributed by atoms with van der Waals surface area (Å²) in [6.07, 6.45) is 4.69. The lowest BCUT2D eigenvalue weighted by Crippen LogP contribution is -2.13. The van der Waals surface area contributed by atoms with Gasteiger partial charge in [0.1, 0.15) is 11.4 Å². The molecule has 30 heavy (non-hydrogen) atoms. The molecule has 0 aliphatic heterocycles. The molecule has 3 aromatic carbocycles. The topological polar surface area (TPSA) is 64.6 Å². The van der Waals surface area contributed by atoms with Crippen molar-refractivity contribution in [1.82, 2.24) is 9.38 Å². The molecule has 6 rings (SSSR count). The summed E-state index contributed by atoms with van der Waals surface area (Å²) in [6, 6.07) is 20.3. The van der Waals surface area contributed by atoms with Crippen molar-refractivity contribution in [3.8, 4) is 0 Å². The fourth-order valence-electron chi connectivity index (χ4n) is 4.15. The number of rotatable bonds is 3. The molecule has 142 valence electrons. The summed E-state index contributed by atoms with van der Waals surface area (Å²) in [5.41, 5.74) is 2.56. The third kappa shape index (κ3) is 2.26. The van der Waals surface area contributed by atoms with Gasteiger partial charge in [-0.15, -0.1) is 0 Å². The monoisotopic (exact) mass is 390 g/mol. The number of carbonyl (C=O) groups excluding carboxylic acids is 1. The maximum absolute atomic E-state index is 13.3. The third-order valence-electron chi connectivity index (χ3n) is 5.48. The molecule has 0 saturated carbocycles. The smallest absolute Gasteiger partial charge is 0.264 e. The minimum absolute atomic E-state index is 0.132. The number of furan rings is 1. The van der Waals surface area contributed by atoms with E-state index in [0.29, 0.717) is 22.4 Å². The van der Waals surface area contributed by atoms with Crippen molar-refractivity contribution in [2.24, 2.45) is 0 Å². The summed E-state index contributed by atoms with van der Waals surface area (Å²) in [4.78, 5) is 31.0. The first kappa shape index (κ1) is 16.7. The number of imidazole rings is 1. The minimum atomic E-state index is -0.151. The SMILES string of the molecule is O=C(C=Cc1ccco1)c1ccc2c(=O)n3c4ccccc4nc3c3cccc1c23. The van der Waals surface area contributed by atoms with E-state index in [1.54, 1.807) is 41.0 Å². The molecule has 0 fully saturated rings. The van der Waals surface area contributed by atoms with Gasteiger partial charge in [0, 0.05) is 21.7 Å². The van der Waals surface area contributed by atoms with Crippen LogP contribution in [0.3, 0.4) is 0 Å². The second-order valence-corrected chi connectivity index (χ2v) is 7.17. The Hall–Kier alpha value is -4.25. The predicted molar refractivity (Wildman–Crippen MR) is 117 cm³/mol. The normalized spacial score (nSPS) is 12.1. The molecule has 5 nitrogen and oxygen atoms in total. The van der Waals surface area contributed by atoms with E-state index in [4.69, 9.17) is 9.40 Å².